The SMILES string of the molecule is C=CC1CCCN(S(=O)(=O)c2ccc(C)cc2)C1. The zero-order valence-electron chi connectivity index (χ0n) is 10.7. The Bertz CT molecular complexity index is 519. The Labute approximate surface area is 109 Å². The van der Waals surface area contributed by atoms with Gasteiger partial charge in [-0.05, 0) is 37.8 Å². The van der Waals surface area contributed by atoms with Gasteiger partial charge in [-0.15, -0.1) is 6.58 Å². The number of sulfonamides is 1. The zero-order chi connectivity index (χ0) is 13.2. The number of aryl methyl sites for hydroxylation is 1. The van der Waals surface area contributed by atoms with Crippen LogP contribution in [0.3, 0.4) is 0 Å². The number of piperidine rings is 1. The summed E-state index contributed by atoms with van der Waals surface area (Å²) >= 11 is 0. The summed E-state index contributed by atoms with van der Waals surface area (Å²) < 4.78 is 26.5. The van der Waals surface area contributed by atoms with Gasteiger partial charge >= 0.3 is 0 Å². The minimum Gasteiger partial charge on any atom is -0.207 e. The molecule has 1 saturated heterocycles. The molecule has 1 aliphatic heterocycles. The first-order valence-electron chi connectivity index (χ1n) is 6.23. The van der Waals surface area contributed by atoms with E-state index in [2.05, 4.69) is 6.58 Å². The van der Waals surface area contributed by atoms with E-state index < -0.39 is 10.0 Å². The Kier molecular flexibility index (Phi) is 3.88. The highest BCUT2D eigenvalue weighted by Crippen LogP contribution is 2.24. The van der Waals surface area contributed by atoms with Crippen molar-refractivity contribution in [2.24, 2.45) is 5.92 Å². The molecule has 0 radical (unpaired) electrons. The van der Waals surface area contributed by atoms with Crippen LogP contribution in [0, 0.1) is 12.8 Å². The largest absolute Gasteiger partial charge is 0.243 e. The van der Waals surface area contributed by atoms with Crippen molar-refractivity contribution in [3.05, 3.63) is 42.5 Å². The lowest BCUT2D eigenvalue weighted by Crippen LogP contribution is -2.39. The summed E-state index contributed by atoms with van der Waals surface area (Å²) in [4.78, 5) is 0.387. The molecule has 1 aromatic rings. The van der Waals surface area contributed by atoms with Crippen molar-refractivity contribution in [2.45, 2.75) is 24.7 Å². The van der Waals surface area contributed by atoms with E-state index in [1.165, 1.54) is 0 Å². The molecule has 1 aliphatic rings. The lowest BCUT2D eigenvalue weighted by Gasteiger charge is -2.30. The van der Waals surface area contributed by atoms with E-state index in [0.29, 0.717) is 18.0 Å². The second-order valence-electron chi connectivity index (χ2n) is 4.81. The van der Waals surface area contributed by atoms with Gasteiger partial charge in [-0.25, -0.2) is 8.42 Å². The highest BCUT2D eigenvalue weighted by atomic mass is 32.2. The molecule has 3 nitrogen and oxygen atoms in total. The van der Waals surface area contributed by atoms with Crippen molar-refractivity contribution in [3.8, 4) is 0 Å². The minimum absolute atomic E-state index is 0.277. The van der Waals surface area contributed by atoms with Crippen molar-refractivity contribution in [3.63, 3.8) is 0 Å². The normalized spacial score (nSPS) is 21.7. The molecule has 0 amide bonds. The lowest BCUT2D eigenvalue weighted by atomic mass is 10.0. The van der Waals surface area contributed by atoms with Crippen LogP contribution in [0.2, 0.25) is 0 Å². The molecule has 98 valence electrons. The molecule has 0 bridgehead atoms. The minimum atomic E-state index is -3.34. The maximum Gasteiger partial charge on any atom is 0.243 e. The number of hydrogen-bond acceptors (Lipinski definition) is 2. The Morgan fingerprint density at radius 1 is 1.33 bits per heavy atom. The fourth-order valence-corrected chi connectivity index (χ4v) is 3.78. The molecule has 0 saturated carbocycles. The summed E-state index contributed by atoms with van der Waals surface area (Å²) in [7, 11) is -3.34. The predicted octanol–water partition coefficient (Wildman–Crippen LogP) is 2.58. The number of rotatable bonds is 3. The Morgan fingerprint density at radius 2 is 2.00 bits per heavy atom. The Hall–Kier alpha value is -1.13. The van der Waals surface area contributed by atoms with E-state index in [-0.39, 0.29) is 5.92 Å². The van der Waals surface area contributed by atoms with E-state index in [1.54, 1.807) is 16.4 Å². The zero-order valence-corrected chi connectivity index (χ0v) is 11.5. The van der Waals surface area contributed by atoms with Gasteiger partial charge in [0, 0.05) is 13.1 Å². The van der Waals surface area contributed by atoms with Crippen LogP contribution in [0.5, 0.6) is 0 Å². The first-order valence-corrected chi connectivity index (χ1v) is 7.67. The fourth-order valence-electron chi connectivity index (χ4n) is 2.24. The second-order valence-corrected chi connectivity index (χ2v) is 6.75. The molecule has 0 aromatic heterocycles. The van der Waals surface area contributed by atoms with E-state index in [4.69, 9.17) is 0 Å². The van der Waals surface area contributed by atoms with Crippen molar-refractivity contribution in [2.75, 3.05) is 13.1 Å². The van der Waals surface area contributed by atoms with Crippen molar-refractivity contribution in [1.29, 1.82) is 0 Å². The predicted molar refractivity (Wildman–Crippen MR) is 72.9 cm³/mol. The summed E-state index contributed by atoms with van der Waals surface area (Å²) in [5.74, 6) is 0.277. The lowest BCUT2D eigenvalue weighted by molar-refractivity contribution is 0.301. The average Bonchev–Trinajstić information content (AvgIpc) is 2.39. The second kappa shape index (κ2) is 5.24. The summed E-state index contributed by atoms with van der Waals surface area (Å²) in [5, 5.41) is 0. The van der Waals surface area contributed by atoms with Crippen LogP contribution in [0.25, 0.3) is 0 Å². The maximum atomic E-state index is 12.5. The van der Waals surface area contributed by atoms with Crippen molar-refractivity contribution < 1.29 is 8.42 Å². The molecule has 1 unspecified atom stereocenters. The summed E-state index contributed by atoms with van der Waals surface area (Å²) in [5.41, 5.74) is 1.07. The van der Waals surface area contributed by atoms with E-state index in [1.807, 2.05) is 25.1 Å². The molecule has 1 heterocycles. The summed E-state index contributed by atoms with van der Waals surface area (Å²) in [6.07, 6.45) is 3.79. The number of nitrogens with zero attached hydrogens (tertiary/aromatic N) is 1. The fraction of sp³-hybridized carbons (Fsp3) is 0.429. The molecular weight excluding hydrogens is 246 g/mol. The van der Waals surface area contributed by atoms with Gasteiger partial charge in [0.25, 0.3) is 0 Å². The van der Waals surface area contributed by atoms with Gasteiger partial charge < -0.3 is 0 Å². The van der Waals surface area contributed by atoms with Crippen LogP contribution in [0.15, 0.2) is 41.8 Å². The van der Waals surface area contributed by atoms with Gasteiger partial charge in [-0.3, -0.25) is 0 Å². The molecule has 0 spiro atoms. The standard InChI is InChI=1S/C14H19NO2S/c1-3-13-5-4-10-15(11-13)18(16,17)14-8-6-12(2)7-9-14/h3,6-9,13H,1,4-5,10-11H2,2H3. The Balaban J connectivity index is 2.25. The molecule has 18 heavy (non-hydrogen) atoms. The molecule has 1 fully saturated rings. The molecule has 4 heteroatoms. The van der Waals surface area contributed by atoms with Crippen LogP contribution in [-0.2, 0) is 10.0 Å². The Morgan fingerprint density at radius 3 is 2.61 bits per heavy atom. The van der Waals surface area contributed by atoms with Gasteiger partial charge in [0.1, 0.15) is 0 Å². The number of benzene rings is 1. The third kappa shape index (κ3) is 2.65. The maximum absolute atomic E-state index is 12.5. The van der Waals surface area contributed by atoms with Gasteiger partial charge in [-0.2, -0.15) is 4.31 Å². The molecule has 1 aromatic carbocycles. The highest BCUT2D eigenvalue weighted by molar-refractivity contribution is 7.89. The van der Waals surface area contributed by atoms with Gasteiger partial charge in [0.05, 0.1) is 4.90 Å². The van der Waals surface area contributed by atoms with Crippen LogP contribution in [0.1, 0.15) is 18.4 Å². The van der Waals surface area contributed by atoms with Crippen LogP contribution < -0.4 is 0 Å². The smallest absolute Gasteiger partial charge is 0.207 e. The third-order valence-corrected chi connectivity index (χ3v) is 5.29. The van der Waals surface area contributed by atoms with E-state index in [0.717, 1.165) is 18.4 Å². The molecule has 0 N–H and O–H groups in total. The van der Waals surface area contributed by atoms with E-state index >= 15 is 0 Å². The summed E-state index contributed by atoms with van der Waals surface area (Å²) in [6.45, 7) is 6.88. The average molecular weight is 265 g/mol. The topological polar surface area (TPSA) is 37.4 Å². The third-order valence-electron chi connectivity index (χ3n) is 3.41. The van der Waals surface area contributed by atoms with Gasteiger partial charge in [0.2, 0.25) is 10.0 Å². The molecule has 1 atom stereocenters. The molecule has 2 rings (SSSR count). The van der Waals surface area contributed by atoms with Crippen LogP contribution in [-0.4, -0.2) is 25.8 Å². The molecule has 0 aliphatic carbocycles. The number of hydrogen-bond donors (Lipinski definition) is 0. The van der Waals surface area contributed by atoms with Crippen molar-refractivity contribution >= 4 is 10.0 Å². The van der Waals surface area contributed by atoms with E-state index in [9.17, 15) is 8.42 Å². The molecular formula is C14H19NO2S. The van der Waals surface area contributed by atoms with Crippen molar-refractivity contribution in [1.82, 2.24) is 4.31 Å². The van der Waals surface area contributed by atoms with Gasteiger partial charge in [-0.1, -0.05) is 23.8 Å². The monoisotopic (exact) mass is 265 g/mol. The first kappa shape index (κ1) is 13.3. The quantitative estimate of drug-likeness (QED) is 0.788. The van der Waals surface area contributed by atoms with Gasteiger partial charge in [0.15, 0.2) is 0 Å². The summed E-state index contributed by atoms with van der Waals surface area (Å²) in [6, 6.07) is 7.04. The first-order chi connectivity index (χ1) is 8.54. The highest BCUT2D eigenvalue weighted by Gasteiger charge is 2.28. The van der Waals surface area contributed by atoms with Crippen LogP contribution >= 0.6 is 0 Å². The van der Waals surface area contributed by atoms with Crippen LogP contribution in [0.4, 0.5) is 0 Å².